The zero-order valence-electron chi connectivity index (χ0n) is 38.8. The van der Waals surface area contributed by atoms with E-state index in [2.05, 4.69) is 16.0 Å². The lowest BCUT2D eigenvalue weighted by molar-refractivity contribution is -0.140. The van der Waals surface area contributed by atoms with Crippen molar-refractivity contribution >= 4 is 92.6 Å². The number of rotatable bonds is 18. The summed E-state index contributed by atoms with van der Waals surface area (Å²) in [6, 6.07) is 12.6. The van der Waals surface area contributed by atoms with Crippen molar-refractivity contribution in [3.8, 4) is 16.2 Å². The molecule has 9 N–H and O–H groups in total. The summed E-state index contributed by atoms with van der Waals surface area (Å²) in [6.07, 6.45) is 3.66. The van der Waals surface area contributed by atoms with E-state index in [0.29, 0.717) is 46.5 Å². The van der Waals surface area contributed by atoms with Crippen LogP contribution in [0, 0.1) is 17.6 Å². The number of hydrogen-bond donors (Lipinski definition) is 8. The van der Waals surface area contributed by atoms with Gasteiger partial charge in [-0.2, -0.15) is 0 Å². The van der Waals surface area contributed by atoms with E-state index in [-0.39, 0.29) is 105 Å². The van der Waals surface area contributed by atoms with Crippen LogP contribution >= 0.6 is 33.7 Å². The van der Waals surface area contributed by atoms with Gasteiger partial charge in [0.15, 0.2) is 23.1 Å². The van der Waals surface area contributed by atoms with Crippen LogP contribution in [0.15, 0.2) is 54.6 Å². The van der Waals surface area contributed by atoms with Crippen molar-refractivity contribution in [2.75, 3.05) is 56.2 Å². The Morgan fingerprint density at radius 1 is 1.03 bits per heavy atom. The van der Waals surface area contributed by atoms with Crippen molar-refractivity contribution in [3.63, 3.8) is 0 Å². The number of halogens is 3. The third-order valence-corrected chi connectivity index (χ3v) is 16.0. The molecule has 0 saturated carbocycles. The molecule has 0 spiro atoms. The van der Waals surface area contributed by atoms with Crippen molar-refractivity contribution < 1.29 is 66.4 Å². The lowest BCUT2D eigenvalue weighted by atomic mass is 9.93. The van der Waals surface area contributed by atoms with E-state index in [1.165, 1.54) is 53.2 Å². The molecule has 19 nitrogen and oxygen atoms in total. The van der Waals surface area contributed by atoms with E-state index in [4.69, 9.17) is 32.3 Å². The minimum Gasteiger partial charge on any atom is -0.479 e. The van der Waals surface area contributed by atoms with Crippen molar-refractivity contribution in [2.45, 2.75) is 69.8 Å². The number of carboxylic acid groups (broad SMARTS) is 2. The summed E-state index contributed by atoms with van der Waals surface area (Å²) < 4.78 is 57.5. The fourth-order valence-electron chi connectivity index (χ4n) is 8.39. The first-order valence-electron chi connectivity index (χ1n) is 22.2. The van der Waals surface area contributed by atoms with E-state index >= 15 is 0 Å². The maximum absolute atomic E-state index is 14.7. The van der Waals surface area contributed by atoms with Gasteiger partial charge in [-0.15, -0.1) is 22.1 Å². The third-order valence-electron chi connectivity index (χ3n) is 12.2. The molecule has 2 saturated heterocycles. The number of nitrogen functional groups attached to an aromatic ring is 1. The average molecular weight is 1050 g/mol. The van der Waals surface area contributed by atoms with Gasteiger partial charge in [-0.1, -0.05) is 42.3 Å². The lowest BCUT2D eigenvalue weighted by Crippen LogP contribution is -2.55. The number of nitrogens with two attached hydrogens (primary N) is 1. The number of nitrogens with zero attached hydrogens (tertiary/aromatic N) is 3. The van der Waals surface area contributed by atoms with E-state index in [1.807, 2.05) is 13.8 Å². The van der Waals surface area contributed by atoms with E-state index in [0.717, 1.165) is 19.3 Å². The number of carbonyl (C=O) groups excluding carboxylic acids is 5. The molecule has 3 aliphatic rings. The number of carbonyl (C=O) groups is 7. The van der Waals surface area contributed by atoms with Gasteiger partial charge in [-0.05, 0) is 69.0 Å². The number of benzene rings is 3. The number of carboxylic acids is 2. The number of ether oxygens (including phenoxy) is 1. The SMILES string of the molecule is CNC(=O)CCC(C=O)N1Cc2c(NCC(=O)N3CC(C(=O)Nc4cc(CS(O)(O)N5CCCCC5(C)C)ccc4F)C3)cccc2C1=O.Nc1cccc(-c2sc(C(=O)O)c(OCC(=O)O)c2Cl)c1F. The Hall–Kier alpha value is -6.37. The van der Waals surface area contributed by atoms with Gasteiger partial charge in [0.05, 0.1) is 40.5 Å². The topological polar surface area (TPSA) is 281 Å². The van der Waals surface area contributed by atoms with E-state index in [1.54, 1.807) is 22.5 Å². The summed E-state index contributed by atoms with van der Waals surface area (Å²) in [4.78, 5) is 86.9. The van der Waals surface area contributed by atoms with Gasteiger partial charge in [-0.25, -0.2) is 22.7 Å². The van der Waals surface area contributed by atoms with Gasteiger partial charge >= 0.3 is 11.9 Å². The second-order valence-electron chi connectivity index (χ2n) is 17.6. The molecule has 1 unspecified atom stereocenters. The maximum atomic E-state index is 14.7. The zero-order chi connectivity index (χ0) is 51.9. The summed E-state index contributed by atoms with van der Waals surface area (Å²) in [5.74, 6) is -6.26. The smallest absolute Gasteiger partial charge is 0.349 e. The zero-order valence-corrected chi connectivity index (χ0v) is 41.2. The van der Waals surface area contributed by atoms with Gasteiger partial charge in [0, 0.05) is 67.6 Å². The van der Waals surface area contributed by atoms with Gasteiger partial charge in [0.25, 0.3) is 5.91 Å². The highest BCUT2D eigenvalue weighted by atomic mass is 35.5. The third kappa shape index (κ3) is 12.6. The summed E-state index contributed by atoms with van der Waals surface area (Å²) in [5.41, 5.74) is 7.05. The predicted octanol–water partition coefficient (Wildman–Crippen LogP) is 6.77. The normalized spacial score (nSPS) is 16.1. The first kappa shape index (κ1) is 54.0. The molecule has 3 aromatic carbocycles. The highest BCUT2D eigenvalue weighted by Gasteiger charge is 2.40. The first-order chi connectivity index (χ1) is 33.6. The summed E-state index contributed by atoms with van der Waals surface area (Å²) >= 11 is 6.71. The van der Waals surface area contributed by atoms with Gasteiger partial charge in [0.1, 0.15) is 17.1 Å². The number of likely N-dealkylation sites (tertiary alicyclic amines) is 1. The molecule has 0 bridgehead atoms. The fraction of sp³-hybridized carbons (Fsp3) is 0.383. The molecule has 4 heterocycles. The van der Waals surface area contributed by atoms with Crippen molar-refractivity contribution in [1.29, 1.82) is 0 Å². The summed E-state index contributed by atoms with van der Waals surface area (Å²) in [6.45, 7) is 4.09. The molecule has 2 fully saturated rings. The number of nitrogens with one attached hydrogen (secondary N) is 3. The number of aldehydes is 1. The van der Waals surface area contributed by atoms with Gasteiger partial charge < -0.3 is 51.2 Å². The molecule has 24 heteroatoms. The van der Waals surface area contributed by atoms with Crippen molar-refractivity contribution in [2.24, 2.45) is 5.92 Å². The summed E-state index contributed by atoms with van der Waals surface area (Å²) in [5, 5.41) is 25.8. The standard InChI is InChI=1S/C34H45FN6O7S.C13H9ClFNO5S/c1-34(2)13-4-5-14-41(34)49(47,48)21-22-9-11-27(35)29(15-22)38-32(45)23-17-39(18-23)31(44)16-37-28-8-6-7-25-26(28)19-40(33(25)46)24(20-42)10-12-30(43)36-3;14-8-10(21-4-7(17)18)12(13(19)20)22-11(8)5-2-1-3-6(16)9(5)15/h6-9,11,15,20,23-24,37,47-48H,4-5,10,12-14,16-19,21H2,1-3H3,(H,36,43)(H,38,45);1-3H,4,16H2,(H,17,18)(H,19,20). The number of hydrogen-bond acceptors (Lipinski definition) is 14. The van der Waals surface area contributed by atoms with Crippen LogP contribution in [-0.4, -0.2) is 127 Å². The van der Waals surface area contributed by atoms with Crippen LogP contribution < -0.4 is 26.4 Å². The molecule has 0 aliphatic carbocycles. The Morgan fingerprint density at radius 3 is 2.39 bits per heavy atom. The molecule has 4 aromatic rings. The van der Waals surface area contributed by atoms with Crippen LogP contribution in [0.5, 0.6) is 5.75 Å². The second kappa shape index (κ2) is 22.8. The van der Waals surface area contributed by atoms with Gasteiger partial charge in [-0.3, -0.25) is 28.3 Å². The van der Waals surface area contributed by atoms with Crippen LogP contribution in [0.1, 0.15) is 77.1 Å². The number of piperidine rings is 1. The monoisotopic (exact) mass is 1050 g/mol. The minimum absolute atomic E-state index is 0.0164. The molecule has 0 radical (unpaired) electrons. The minimum atomic E-state index is -3.17. The number of amides is 4. The van der Waals surface area contributed by atoms with Crippen LogP contribution in [0.3, 0.4) is 0 Å². The van der Waals surface area contributed by atoms with Crippen LogP contribution in [0.25, 0.3) is 10.4 Å². The number of fused-ring (bicyclic) bond motifs is 1. The Labute approximate surface area is 417 Å². The lowest BCUT2D eigenvalue weighted by Gasteiger charge is -2.53. The molecular formula is C47H54ClF2N7O12S2. The Kier molecular flexibility index (Phi) is 17.3. The Bertz CT molecular complexity index is 2720. The van der Waals surface area contributed by atoms with Gasteiger partial charge in [0.2, 0.25) is 17.7 Å². The van der Waals surface area contributed by atoms with Crippen LogP contribution in [0.2, 0.25) is 5.02 Å². The molecular weight excluding hydrogens is 992 g/mol. The Morgan fingerprint density at radius 2 is 1.73 bits per heavy atom. The molecule has 382 valence electrons. The molecule has 1 atom stereocenters. The highest BCUT2D eigenvalue weighted by molar-refractivity contribution is 8.21. The summed E-state index contributed by atoms with van der Waals surface area (Å²) in [7, 11) is -1.67. The molecule has 4 amide bonds. The Balaban J connectivity index is 0.000000313. The largest absolute Gasteiger partial charge is 0.479 e. The van der Waals surface area contributed by atoms with E-state index in [9.17, 15) is 51.4 Å². The van der Waals surface area contributed by atoms with Crippen LogP contribution in [-0.2, 0) is 36.3 Å². The average Bonchev–Trinajstić information content (AvgIpc) is 3.82. The second-order valence-corrected chi connectivity index (χ2v) is 21.0. The van der Waals surface area contributed by atoms with E-state index < -0.39 is 58.8 Å². The number of anilines is 3. The molecule has 7 rings (SSSR count). The van der Waals surface area contributed by atoms with Crippen molar-refractivity contribution in [3.05, 3.63) is 92.8 Å². The number of aliphatic carboxylic acids is 1. The number of thiophene rings is 1. The molecule has 1 aromatic heterocycles. The maximum Gasteiger partial charge on any atom is 0.349 e. The van der Waals surface area contributed by atoms with Crippen LogP contribution in [0.4, 0.5) is 25.8 Å². The molecule has 71 heavy (non-hydrogen) atoms. The highest BCUT2D eigenvalue weighted by Crippen LogP contribution is 2.53. The van der Waals surface area contributed by atoms with Crippen molar-refractivity contribution in [1.82, 2.24) is 19.4 Å². The predicted molar refractivity (Wildman–Crippen MR) is 263 cm³/mol. The first-order valence-corrected chi connectivity index (χ1v) is 25.1. The molecule has 3 aliphatic heterocycles. The number of aromatic carboxylic acids is 1. The fourth-order valence-corrected chi connectivity index (χ4v) is 11.9. The quantitative estimate of drug-likeness (QED) is 0.0377.